The predicted octanol–water partition coefficient (Wildman–Crippen LogP) is 2.75. The summed E-state index contributed by atoms with van der Waals surface area (Å²) in [7, 11) is 1.39. The molecule has 94 valence electrons. The second-order valence-electron chi connectivity index (χ2n) is 3.81. The normalized spacial score (nSPS) is 10.1. The van der Waals surface area contributed by atoms with E-state index < -0.39 is 5.82 Å². The first-order valence-corrected chi connectivity index (χ1v) is 5.80. The molecule has 17 heavy (non-hydrogen) atoms. The van der Waals surface area contributed by atoms with Crippen LogP contribution in [0.25, 0.3) is 0 Å². The number of carbonyl (C=O) groups excluding carboxylic acids is 1. The van der Waals surface area contributed by atoms with Crippen LogP contribution in [0.4, 0.5) is 4.39 Å². The van der Waals surface area contributed by atoms with Gasteiger partial charge in [-0.2, -0.15) is 0 Å². The minimum Gasteiger partial charge on any atom is -0.494 e. The number of rotatable bonds is 6. The Labute approximate surface area is 101 Å². The van der Waals surface area contributed by atoms with Crippen molar-refractivity contribution in [1.82, 2.24) is 5.32 Å². The zero-order chi connectivity index (χ0) is 12.7. The Morgan fingerprint density at radius 3 is 2.76 bits per heavy atom. The summed E-state index contributed by atoms with van der Waals surface area (Å²) >= 11 is 0. The fraction of sp³-hybridized carbons (Fsp3) is 0.462. The van der Waals surface area contributed by atoms with E-state index in [4.69, 9.17) is 4.74 Å². The van der Waals surface area contributed by atoms with E-state index in [0.717, 1.165) is 19.3 Å². The van der Waals surface area contributed by atoms with Gasteiger partial charge in [-0.05, 0) is 24.6 Å². The second-order valence-corrected chi connectivity index (χ2v) is 3.81. The van der Waals surface area contributed by atoms with Gasteiger partial charge in [0.15, 0.2) is 11.6 Å². The first-order valence-electron chi connectivity index (χ1n) is 5.80. The van der Waals surface area contributed by atoms with Crippen molar-refractivity contribution in [2.24, 2.45) is 0 Å². The lowest BCUT2D eigenvalue weighted by molar-refractivity contribution is 0.0952. The number of halogens is 1. The maximum absolute atomic E-state index is 13.3. The van der Waals surface area contributed by atoms with Crippen LogP contribution in [0.3, 0.4) is 0 Å². The molecule has 0 aliphatic rings. The van der Waals surface area contributed by atoms with Crippen molar-refractivity contribution in [3.05, 3.63) is 29.6 Å². The molecule has 0 aliphatic heterocycles. The van der Waals surface area contributed by atoms with Gasteiger partial charge in [0.1, 0.15) is 0 Å². The third-order valence-corrected chi connectivity index (χ3v) is 2.48. The maximum atomic E-state index is 13.3. The molecule has 0 saturated carbocycles. The standard InChI is InChI=1S/C13H18FNO2/c1-3-4-5-8-15-13(16)10-6-7-12(17-2)11(14)9-10/h6-7,9H,3-5,8H2,1-2H3,(H,15,16). The van der Waals surface area contributed by atoms with E-state index in [2.05, 4.69) is 12.2 Å². The van der Waals surface area contributed by atoms with Crippen LogP contribution in [0.15, 0.2) is 18.2 Å². The largest absolute Gasteiger partial charge is 0.494 e. The highest BCUT2D eigenvalue weighted by Crippen LogP contribution is 2.17. The van der Waals surface area contributed by atoms with Gasteiger partial charge in [0.25, 0.3) is 5.91 Å². The number of amides is 1. The first-order chi connectivity index (χ1) is 8.19. The highest BCUT2D eigenvalue weighted by Gasteiger charge is 2.09. The Balaban J connectivity index is 2.54. The Morgan fingerprint density at radius 1 is 1.41 bits per heavy atom. The van der Waals surface area contributed by atoms with Crippen LogP contribution in [0.2, 0.25) is 0 Å². The molecule has 0 bridgehead atoms. The van der Waals surface area contributed by atoms with Crippen molar-refractivity contribution >= 4 is 5.91 Å². The van der Waals surface area contributed by atoms with Crippen LogP contribution >= 0.6 is 0 Å². The maximum Gasteiger partial charge on any atom is 0.251 e. The van der Waals surface area contributed by atoms with Gasteiger partial charge in [0, 0.05) is 12.1 Å². The number of ether oxygens (including phenoxy) is 1. The van der Waals surface area contributed by atoms with Crippen molar-refractivity contribution in [3.63, 3.8) is 0 Å². The number of benzene rings is 1. The number of methoxy groups -OCH3 is 1. The molecule has 0 saturated heterocycles. The summed E-state index contributed by atoms with van der Waals surface area (Å²) in [5, 5.41) is 2.75. The van der Waals surface area contributed by atoms with Crippen LogP contribution in [-0.4, -0.2) is 19.6 Å². The lowest BCUT2D eigenvalue weighted by Gasteiger charge is -2.06. The molecule has 4 heteroatoms. The lowest BCUT2D eigenvalue weighted by atomic mass is 10.2. The van der Waals surface area contributed by atoms with Crippen molar-refractivity contribution in [1.29, 1.82) is 0 Å². The van der Waals surface area contributed by atoms with Gasteiger partial charge in [-0.3, -0.25) is 4.79 Å². The van der Waals surface area contributed by atoms with Gasteiger partial charge >= 0.3 is 0 Å². The molecule has 0 fully saturated rings. The summed E-state index contributed by atoms with van der Waals surface area (Å²) in [6.07, 6.45) is 3.13. The van der Waals surface area contributed by atoms with Gasteiger partial charge in [-0.25, -0.2) is 4.39 Å². The van der Waals surface area contributed by atoms with E-state index in [-0.39, 0.29) is 11.7 Å². The minimum atomic E-state index is -0.520. The monoisotopic (exact) mass is 239 g/mol. The molecule has 0 aliphatic carbocycles. The van der Waals surface area contributed by atoms with Crippen LogP contribution in [0, 0.1) is 5.82 Å². The van der Waals surface area contributed by atoms with Crippen LogP contribution in [0.1, 0.15) is 36.5 Å². The highest BCUT2D eigenvalue weighted by atomic mass is 19.1. The molecular weight excluding hydrogens is 221 g/mol. The van der Waals surface area contributed by atoms with E-state index in [1.165, 1.54) is 19.2 Å². The smallest absolute Gasteiger partial charge is 0.251 e. The molecule has 3 nitrogen and oxygen atoms in total. The van der Waals surface area contributed by atoms with Gasteiger partial charge in [0.05, 0.1) is 7.11 Å². The Hall–Kier alpha value is -1.58. The highest BCUT2D eigenvalue weighted by molar-refractivity contribution is 5.94. The summed E-state index contributed by atoms with van der Waals surface area (Å²) in [6.45, 7) is 2.72. The molecule has 1 rings (SSSR count). The van der Waals surface area contributed by atoms with Gasteiger partial charge in [-0.1, -0.05) is 19.8 Å². The first kappa shape index (κ1) is 13.5. The number of hydrogen-bond donors (Lipinski definition) is 1. The van der Waals surface area contributed by atoms with Crippen LogP contribution < -0.4 is 10.1 Å². The van der Waals surface area contributed by atoms with E-state index in [1.807, 2.05) is 0 Å². The van der Waals surface area contributed by atoms with Crippen LogP contribution in [-0.2, 0) is 0 Å². The number of carbonyl (C=O) groups is 1. The third kappa shape index (κ3) is 4.06. The van der Waals surface area contributed by atoms with Crippen molar-refractivity contribution < 1.29 is 13.9 Å². The molecule has 0 spiro atoms. The van der Waals surface area contributed by atoms with E-state index in [0.29, 0.717) is 12.1 Å². The van der Waals surface area contributed by atoms with Crippen molar-refractivity contribution in [2.75, 3.05) is 13.7 Å². The average Bonchev–Trinajstić information content (AvgIpc) is 2.34. The summed E-state index contributed by atoms with van der Waals surface area (Å²) in [5.41, 5.74) is 0.319. The zero-order valence-corrected chi connectivity index (χ0v) is 10.3. The average molecular weight is 239 g/mol. The zero-order valence-electron chi connectivity index (χ0n) is 10.3. The molecule has 0 heterocycles. The van der Waals surface area contributed by atoms with E-state index in [1.54, 1.807) is 6.07 Å². The Morgan fingerprint density at radius 2 is 2.18 bits per heavy atom. The lowest BCUT2D eigenvalue weighted by Crippen LogP contribution is -2.24. The van der Waals surface area contributed by atoms with Gasteiger partial charge in [-0.15, -0.1) is 0 Å². The topological polar surface area (TPSA) is 38.3 Å². The quantitative estimate of drug-likeness (QED) is 0.775. The molecule has 0 aromatic heterocycles. The van der Waals surface area contributed by atoms with Gasteiger partial charge < -0.3 is 10.1 Å². The summed E-state index contributed by atoms with van der Waals surface area (Å²) in [6, 6.07) is 4.20. The fourth-order valence-electron chi connectivity index (χ4n) is 1.49. The fourth-order valence-corrected chi connectivity index (χ4v) is 1.49. The summed E-state index contributed by atoms with van der Waals surface area (Å²) in [5.74, 6) is -0.621. The number of hydrogen-bond acceptors (Lipinski definition) is 2. The van der Waals surface area contributed by atoms with Gasteiger partial charge in [0.2, 0.25) is 0 Å². The van der Waals surface area contributed by atoms with E-state index >= 15 is 0 Å². The molecular formula is C13H18FNO2. The minimum absolute atomic E-state index is 0.146. The molecule has 1 aromatic carbocycles. The summed E-state index contributed by atoms with van der Waals surface area (Å²) in [4.78, 5) is 11.6. The van der Waals surface area contributed by atoms with E-state index in [9.17, 15) is 9.18 Å². The number of nitrogens with one attached hydrogen (secondary N) is 1. The third-order valence-electron chi connectivity index (χ3n) is 2.48. The Kier molecular flexibility index (Phi) is 5.46. The molecule has 1 N–H and O–H groups in total. The number of unbranched alkanes of at least 4 members (excludes halogenated alkanes) is 2. The predicted molar refractivity (Wildman–Crippen MR) is 64.8 cm³/mol. The van der Waals surface area contributed by atoms with Crippen molar-refractivity contribution in [3.8, 4) is 5.75 Å². The SMILES string of the molecule is CCCCCNC(=O)c1ccc(OC)c(F)c1. The van der Waals surface area contributed by atoms with Crippen molar-refractivity contribution in [2.45, 2.75) is 26.2 Å². The summed E-state index contributed by atoms with van der Waals surface area (Å²) < 4.78 is 18.1. The second kappa shape index (κ2) is 6.89. The Bertz CT molecular complexity index is 380. The molecule has 0 atom stereocenters. The molecule has 1 aromatic rings. The molecule has 1 amide bonds. The molecule has 0 radical (unpaired) electrons. The molecule has 0 unspecified atom stereocenters. The van der Waals surface area contributed by atoms with Crippen LogP contribution in [0.5, 0.6) is 5.75 Å².